The van der Waals surface area contributed by atoms with Crippen molar-refractivity contribution >= 4 is 15.9 Å². The van der Waals surface area contributed by atoms with E-state index in [0.717, 1.165) is 15.6 Å². The van der Waals surface area contributed by atoms with Crippen LogP contribution >= 0.6 is 15.9 Å². The van der Waals surface area contributed by atoms with Crippen LogP contribution in [0.25, 0.3) is 11.1 Å². The number of hydrogen-bond donors (Lipinski definition) is 0. The molecule has 0 saturated heterocycles. The summed E-state index contributed by atoms with van der Waals surface area (Å²) in [5.74, 6) is 0.405. The lowest BCUT2D eigenvalue weighted by Crippen LogP contribution is -1.89. The van der Waals surface area contributed by atoms with Gasteiger partial charge >= 0.3 is 0 Å². The Morgan fingerprint density at radius 2 is 1.75 bits per heavy atom. The Hall–Kier alpha value is -1.35. The SMILES string of the molecule is COc1ccc(F)cc1-c1ccc(Br)cc1. The maximum Gasteiger partial charge on any atom is 0.126 e. The van der Waals surface area contributed by atoms with Gasteiger partial charge in [-0.2, -0.15) is 0 Å². The second-order valence-electron chi connectivity index (χ2n) is 3.35. The number of halogens is 2. The molecule has 0 unspecified atom stereocenters. The number of hydrogen-bond acceptors (Lipinski definition) is 1. The molecule has 2 rings (SSSR count). The first kappa shape index (κ1) is 11.1. The normalized spacial score (nSPS) is 10.2. The summed E-state index contributed by atoms with van der Waals surface area (Å²) in [4.78, 5) is 0. The predicted molar refractivity (Wildman–Crippen MR) is 66.1 cm³/mol. The summed E-state index contributed by atoms with van der Waals surface area (Å²) >= 11 is 3.36. The minimum absolute atomic E-state index is 0.265. The summed E-state index contributed by atoms with van der Waals surface area (Å²) in [5, 5.41) is 0. The molecule has 0 saturated carbocycles. The average molecular weight is 281 g/mol. The van der Waals surface area contributed by atoms with Gasteiger partial charge in [0.25, 0.3) is 0 Å². The minimum atomic E-state index is -0.265. The van der Waals surface area contributed by atoms with E-state index in [4.69, 9.17) is 4.74 Å². The molecule has 0 radical (unpaired) electrons. The van der Waals surface area contributed by atoms with Crippen molar-refractivity contribution in [2.45, 2.75) is 0 Å². The van der Waals surface area contributed by atoms with Gasteiger partial charge in [-0.05, 0) is 35.9 Å². The third-order valence-electron chi connectivity index (χ3n) is 2.32. The molecule has 0 aliphatic carbocycles. The van der Waals surface area contributed by atoms with Crippen molar-refractivity contribution in [3.8, 4) is 16.9 Å². The van der Waals surface area contributed by atoms with Crippen LogP contribution in [0.2, 0.25) is 0 Å². The standard InChI is InChI=1S/C13H10BrFO/c1-16-13-7-6-11(15)8-12(13)9-2-4-10(14)5-3-9/h2-8H,1H3. The molecule has 82 valence electrons. The van der Waals surface area contributed by atoms with Crippen molar-refractivity contribution < 1.29 is 9.13 Å². The number of rotatable bonds is 2. The van der Waals surface area contributed by atoms with Crippen molar-refractivity contribution in [2.24, 2.45) is 0 Å². The van der Waals surface area contributed by atoms with Crippen molar-refractivity contribution in [1.29, 1.82) is 0 Å². The van der Waals surface area contributed by atoms with E-state index < -0.39 is 0 Å². The Morgan fingerprint density at radius 1 is 1.06 bits per heavy atom. The fourth-order valence-corrected chi connectivity index (χ4v) is 1.80. The zero-order valence-electron chi connectivity index (χ0n) is 8.71. The van der Waals surface area contributed by atoms with E-state index in [0.29, 0.717) is 5.75 Å². The topological polar surface area (TPSA) is 9.23 Å². The lowest BCUT2D eigenvalue weighted by atomic mass is 10.0. The molecule has 0 spiro atoms. The number of benzene rings is 2. The van der Waals surface area contributed by atoms with Crippen LogP contribution in [-0.2, 0) is 0 Å². The Balaban J connectivity index is 2.53. The smallest absolute Gasteiger partial charge is 0.126 e. The first-order chi connectivity index (χ1) is 7.70. The van der Waals surface area contributed by atoms with Gasteiger partial charge in [-0.3, -0.25) is 0 Å². The van der Waals surface area contributed by atoms with Gasteiger partial charge in [0.15, 0.2) is 0 Å². The van der Waals surface area contributed by atoms with E-state index >= 15 is 0 Å². The molecule has 0 amide bonds. The first-order valence-electron chi connectivity index (χ1n) is 4.80. The van der Waals surface area contributed by atoms with Crippen LogP contribution in [0, 0.1) is 5.82 Å². The van der Waals surface area contributed by atoms with Gasteiger partial charge in [-0.25, -0.2) is 4.39 Å². The molecular formula is C13H10BrFO. The lowest BCUT2D eigenvalue weighted by molar-refractivity contribution is 0.415. The maximum absolute atomic E-state index is 13.2. The largest absolute Gasteiger partial charge is 0.496 e. The highest BCUT2D eigenvalue weighted by Gasteiger charge is 2.06. The zero-order valence-corrected chi connectivity index (χ0v) is 10.3. The third-order valence-corrected chi connectivity index (χ3v) is 2.85. The van der Waals surface area contributed by atoms with E-state index in [-0.39, 0.29) is 5.82 Å². The Labute approximate surface area is 102 Å². The molecule has 2 aromatic rings. The van der Waals surface area contributed by atoms with Crippen LogP contribution in [0.4, 0.5) is 4.39 Å². The summed E-state index contributed by atoms with van der Waals surface area (Å²) in [6, 6.07) is 12.2. The molecule has 0 aromatic heterocycles. The molecule has 0 heterocycles. The maximum atomic E-state index is 13.2. The van der Waals surface area contributed by atoms with Crippen molar-refractivity contribution in [3.05, 3.63) is 52.8 Å². The van der Waals surface area contributed by atoms with E-state index in [1.54, 1.807) is 13.2 Å². The van der Waals surface area contributed by atoms with Crippen LogP contribution in [0.3, 0.4) is 0 Å². The van der Waals surface area contributed by atoms with Crippen molar-refractivity contribution in [2.75, 3.05) is 7.11 Å². The summed E-state index contributed by atoms with van der Waals surface area (Å²) in [7, 11) is 1.58. The van der Waals surface area contributed by atoms with Crippen LogP contribution in [0.5, 0.6) is 5.75 Å². The molecule has 0 aliphatic rings. The van der Waals surface area contributed by atoms with Crippen LogP contribution in [0.15, 0.2) is 46.9 Å². The first-order valence-corrected chi connectivity index (χ1v) is 5.59. The number of ether oxygens (including phenoxy) is 1. The molecule has 0 bridgehead atoms. The fraction of sp³-hybridized carbons (Fsp3) is 0.0769. The molecule has 3 heteroatoms. The lowest BCUT2D eigenvalue weighted by Gasteiger charge is -2.08. The van der Waals surface area contributed by atoms with Crippen LogP contribution in [-0.4, -0.2) is 7.11 Å². The molecule has 0 N–H and O–H groups in total. The molecule has 16 heavy (non-hydrogen) atoms. The average Bonchev–Trinajstić information content (AvgIpc) is 2.30. The minimum Gasteiger partial charge on any atom is -0.496 e. The molecule has 1 nitrogen and oxygen atoms in total. The van der Waals surface area contributed by atoms with Gasteiger partial charge < -0.3 is 4.74 Å². The summed E-state index contributed by atoms with van der Waals surface area (Å²) in [6.45, 7) is 0. The molecule has 2 aromatic carbocycles. The quantitative estimate of drug-likeness (QED) is 0.799. The second kappa shape index (κ2) is 4.66. The van der Waals surface area contributed by atoms with Crippen LogP contribution < -0.4 is 4.74 Å². The Morgan fingerprint density at radius 3 is 2.38 bits per heavy atom. The van der Waals surface area contributed by atoms with Gasteiger partial charge in [0.2, 0.25) is 0 Å². The van der Waals surface area contributed by atoms with E-state index in [2.05, 4.69) is 15.9 Å². The van der Waals surface area contributed by atoms with Gasteiger partial charge in [-0.15, -0.1) is 0 Å². The monoisotopic (exact) mass is 280 g/mol. The van der Waals surface area contributed by atoms with Gasteiger partial charge in [0.1, 0.15) is 11.6 Å². The van der Waals surface area contributed by atoms with Crippen molar-refractivity contribution in [3.63, 3.8) is 0 Å². The highest BCUT2D eigenvalue weighted by Crippen LogP contribution is 2.31. The number of methoxy groups -OCH3 is 1. The second-order valence-corrected chi connectivity index (χ2v) is 4.27. The van der Waals surface area contributed by atoms with Crippen LogP contribution in [0.1, 0.15) is 0 Å². The summed E-state index contributed by atoms with van der Waals surface area (Å²) < 4.78 is 19.4. The summed E-state index contributed by atoms with van der Waals surface area (Å²) in [6.07, 6.45) is 0. The van der Waals surface area contributed by atoms with E-state index in [1.807, 2.05) is 24.3 Å². The summed E-state index contributed by atoms with van der Waals surface area (Å²) in [5.41, 5.74) is 1.69. The highest BCUT2D eigenvalue weighted by molar-refractivity contribution is 9.10. The van der Waals surface area contributed by atoms with Crippen molar-refractivity contribution in [1.82, 2.24) is 0 Å². The molecule has 0 fully saturated rings. The zero-order chi connectivity index (χ0) is 11.5. The Bertz CT molecular complexity index is 494. The van der Waals surface area contributed by atoms with E-state index in [1.165, 1.54) is 12.1 Å². The van der Waals surface area contributed by atoms with Gasteiger partial charge in [-0.1, -0.05) is 28.1 Å². The highest BCUT2D eigenvalue weighted by atomic mass is 79.9. The van der Waals surface area contributed by atoms with E-state index in [9.17, 15) is 4.39 Å². The molecule has 0 aliphatic heterocycles. The Kier molecular flexibility index (Phi) is 3.25. The molecular weight excluding hydrogens is 271 g/mol. The third kappa shape index (κ3) is 2.25. The van der Waals surface area contributed by atoms with Gasteiger partial charge in [0, 0.05) is 10.0 Å². The van der Waals surface area contributed by atoms with Gasteiger partial charge in [0.05, 0.1) is 7.11 Å². The predicted octanol–water partition coefficient (Wildman–Crippen LogP) is 4.26. The molecule has 0 atom stereocenters. The fourth-order valence-electron chi connectivity index (χ4n) is 1.54.